The summed E-state index contributed by atoms with van der Waals surface area (Å²) in [4.78, 5) is 2.50. The van der Waals surface area contributed by atoms with E-state index in [0.717, 1.165) is 11.3 Å². The normalized spacial score (nSPS) is 35.5. The second-order valence-electron chi connectivity index (χ2n) is 5.94. The maximum absolute atomic E-state index is 10.4. The van der Waals surface area contributed by atoms with Gasteiger partial charge in [0.05, 0.1) is 6.04 Å². The third-order valence-corrected chi connectivity index (χ3v) is 4.59. The minimum absolute atomic E-state index is 0.0789. The fourth-order valence-electron chi connectivity index (χ4n) is 3.68. The number of benzene rings is 1. The molecule has 1 aromatic rings. The van der Waals surface area contributed by atoms with Crippen molar-refractivity contribution in [3.05, 3.63) is 29.8 Å². The van der Waals surface area contributed by atoms with Crippen molar-refractivity contribution in [1.82, 2.24) is 4.90 Å². The molecule has 1 aromatic carbocycles. The van der Waals surface area contributed by atoms with Gasteiger partial charge in [-0.3, -0.25) is 4.90 Å². The molecule has 0 bridgehead atoms. The van der Waals surface area contributed by atoms with Gasteiger partial charge in [-0.05, 0) is 32.8 Å². The number of aliphatic hydroxyl groups excluding tert-OH is 1. The molecule has 0 aliphatic carbocycles. The number of hydrogen-bond acceptors (Lipinski definition) is 3. The summed E-state index contributed by atoms with van der Waals surface area (Å²) in [5, 5.41) is 10.4. The van der Waals surface area contributed by atoms with Gasteiger partial charge in [0.25, 0.3) is 0 Å². The highest BCUT2D eigenvalue weighted by Crippen LogP contribution is 2.40. The molecule has 104 valence electrons. The van der Waals surface area contributed by atoms with E-state index in [1.807, 2.05) is 18.2 Å². The number of piperidine rings is 1. The van der Waals surface area contributed by atoms with Gasteiger partial charge in [-0.15, -0.1) is 0 Å². The lowest BCUT2D eigenvalue weighted by Crippen LogP contribution is -2.51. The van der Waals surface area contributed by atoms with E-state index in [0.29, 0.717) is 18.7 Å². The summed E-state index contributed by atoms with van der Waals surface area (Å²) in [5.41, 5.74) is 1.14. The molecule has 1 fully saturated rings. The van der Waals surface area contributed by atoms with Crippen LogP contribution < -0.4 is 4.74 Å². The van der Waals surface area contributed by atoms with Gasteiger partial charge >= 0.3 is 0 Å². The van der Waals surface area contributed by atoms with Crippen LogP contribution in [0.3, 0.4) is 0 Å². The van der Waals surface area contributed by atoms with Crippen LogP contribution in [0, 0.1) is 0 Å². The Kier molecular flexibility index (Phi) is 3.50. The number of para-hydroxylation sites is 1. The van der Waals surface area contributed by atoms with E-state index in [9.17, 15) is 5.11 Å². The number of ether oxygens (including phenoxy) is 1. The Labute approximate surface area is 115 Å². The molecule has 2 aliphatic heterocycles. The number of nitrogens with zero attached hydrogens (tertiary/aromatic N) is 1. The number of aliphatic hydroxyl groups is 1. The second-order valence-corrected chi connectivity index (χ2v) is 5.94. The molecule has 0 radical (unpaired) electrons. The summed E-state index contributed by atoms with van der Waals surface area (Å²) in [6, 6.07) is 9.26. The lowest BCUT2D eigenvalue weighted by molar-refractivity contribution is -0.0455. The van der Waals surface area contributed by atoms with Gasteiger partial charge in [-0.1, -0.05) is 24.6 Å². The van der Waals surface area contributed by atoms with Gasteiger partial charge in [0.2, 0.25) is 0 Å². The van der Waals surface area contributed by atoms with E-state index < -0.39 is 6.10 Å². The van der Waals surface area contributed by atoms with Crippen molar-refractivity contribution in [2.45, 2.75) is 57.3 Å². The Morgan fingerprint density at radius 2 is 1.84 bits per heavy atom. The highest BCUT2D eigenvalue weighted by Gasteiger charge is 2.39. The molecule has 0 spiro atoms. The van der Waals surface area contributed by atoms with Crippen LogP contribution in [0.4, 0.5) is 0 Å². The zero-order chi connectivity index (χ0) is 13.4. The second kappa shape index (κ2) is 5.14. The molecule has 0 saturated carbocycles. The zero-order valence-corrected chi connectivity index (χ0v) is 11.7. The average molecular weight is 261 g/mol. The van der Waals surface area contributed by atoms with Crippen molar-refractivity contribution in [3.63, 3.8) is 0 Å². The lowest BCUT2D eigenvalue weighted by Gasteiger charge is -2.47. The summed E-state index contributed by atoms with van der Waals surface area (Å²) < 4.78 is 5.65. The van der Waals surface area contributed by atoms with Gasteiger partial charge < -0.3 is 9.84 Å². The maximum atomic E-state index is 10.4. The van der Waals surface area contributed by atoms with Crippen LogP contribution in [0.5, 0.6) is 5.75 Å². The lowest BCUT2D eigenvalue weighted by atomic mass is 9.89. The van der Waals surface area contributed by atoms with Gasteiger partial charge in [0, 0.05) is 17.6 Å². The summed E-state index contributed by atoms with van der Waals surface area (Å²) in [7, 11) is 0. The predicted octanol–water partition coefficient (Wildman–Crippen LogP) is 2.74. The Bertz CT molecular complexity index is 438. The quantitative estimate of drug-likeness (QED) is 0.843. The molecule has 0 amide bonds. The van der Waals surface area contributed by atoms with E-state index >= 15 is 0 Å². The number of likely N-dealkylation sites (tertiary alicyclic amines) is 1. The topological polar surface area (TPSA) is 32.7 Å². The Balaban J connectivity index is 1.98. The third kappa shape index (κ3) is 2.26. The number of hydrogen-bond donors (Lipinski definition) is 1. The molecule has 3 nitrogen and oxygen atoms in total. The van der Waals surface area contributed by atoms with E-state index in [2.05, 4.69) is 24.8 Å². The van der Waals surface area contributed by atoms with E-state index in [4.69, 9.17) is 4.74 Å². The van der Waals surface area contributed by atoms with Crippen LogP contribution in [0.1, 0.15) is 44.7 Å². The standard InChI is InChI=1S/C16H23NO2/c1-11-6-5-7-12(2)17(11)16-13-8-3-4-9-15(13)19-10-14(16)18/h3-4,8-9,11-12,14,16,18H,5-7,10H2,1-2H3. The van der Waals surface area contributed by atoms with Crippen molar-refractivity contribution in [1.29, 1.82) is 0 Å². The van der Waals surface area contributed by atoms with E-state index in [1.54, 1.807) is 0 Å². The van der Waals surface area contributed by atoms with Crippen LogP contribution in [-0.2, 0) is 0 Å². The van der Waals surface area contributed by atoms with Crippen LogP contribution >= 0.6 is 0 Å². The van der Waals surface area contributed by atoms with Gasteiger partial charge in [0.1, 0.15) is 18.5 Å². The highest BCUT2D eigenvalue weighted by molar-refractivity contribution is 5.38. The molecule has 3 heteroatoms. The highest BCUT2D eigenvalue weighted by atomic mass is 16.5. The molecular formula is C16H23NO2. The van der Waals surface area contributed by atoms with Crippen LogP contribution in [0.25, 0.3) is 0 Å². The molecule has 3 rings (SSSR count). The first-order valence-electron chi connectivity index (χ1n) is 7.35. The third-order valence-electron chi connectivity index (χ3n) is 4.59. The van der Waals surface area contributed by atoms with Crippen molar-refractivity contribution in [2.75, 3.05) is 6.61 Å². The molecule has 4 atom stereocenters. The first kappa shape index (κ1) is 12.9. The molecule has 4 unspecified atom stereocenters. The molecule has 0 aromatic heterocycles. The molecule has 2 aliphatic rings. The molecule has 1 N–H and O–H groups in total. The van der Waals surface area contributed by atoms with Crippen LogP contribution in [0.15, 0.2) is 24.3 Å². The predicted molar refractivity (Wildman–Crippen MR) is 75.3 cm³/mol. The molecule has 1 saturated heterocycles. The summed E-state index contributed by atoms with van der Waals surface area (Å²) >= 11 is 0. The fraction of sp³-hybridized carbons (Fsp3) is 0.625. The maximum Gasteiger partial charge on any atom is 0.124 e. The van der Waals surface area contributed by atoms with Gasteiger partial charge in [-0.2, -0.15) is 0 Å². The van der Waals surface area contributed by atoms with Crippen LogP contribution in [-0.4, -0.2) is 34.8 Å². The zero-order valence-electron chi connectivity index (χ0n) is 11.7. The minimum Gasteiger partial charge on any atom is -0.490 e. The minimum atomic E-state index is -0.433. The molecular weight excluding hydrogens is 238 g/mol. The fourth-order valence-corrected chi connectivity index (χ4v) is 3.68. The van der Waals surface area contributed by atoms with Crippen molar-refractivity contribution in [2.24, 2.45) is 0 Å². The summed E-state index contributed by atoms with van der Waals surface area (Å²) in [6.45, 7) is 4.96. The summed E-state index contributed by atoms with van der Waals surface area (Å²) in [5.74, 6) is 0.933. The summed E-state index contributed by atoms with van der Waals surface area (Å²) in [6.07, 6.45) is 3.30. The molecule has 2 heterocycles. The van der Waals surface area contributed by atoms with Gasteiger partial charge in [0.15, 0.2) is 0 Å². The van der Waals surface area contributed by atoms with Crippen molar-refractivity contribution in [3.8, 4) is 5.75 Å². The van der Waals surface area contributed by atoms with Crippen molar-refractivity contribution >= 4 is 0 Å². The van der Waals surface area contributed by atoms with Gasteiger partial charge in [-0.25, -0.2) is 0 Å². The Morgan fingerprint density at radius 3 is 2.58 bits per heavy atom. The Morgan fingerprint density at radius 1 is 1.16 bits per heavy atom. The first-order chi connectivity index (χ1) is 9.18. The van der Waals surface area contributed by atoms with E-state index in [-0.39, 0.29) is 6.04 Å². The van der Waals surface area contributed by atoms with E-state index in [1.165, 1.54) is 19.3 Å². The first-order valence-corrected chi connectivity index (χ1v) is 7.35. The SMILES string of the molecule is CC1CCCC(C)N1C1c2ccccc2OCC1O. The largest absolute Gasteiger partial charge is 0.490 e. The Hall–Kier alpha value is -1.06. The van der Waals surface area contributed by atoms with Crippen LogP contribution in [0.2, 0.25) is 0 Å². The average Bonchev–Trinajstić information content (AvgIpc) is 2.41. The smallest absolute Gasteiger partial charge is 0.124 e. The molecule has 19 heavy (non-hydrogen) atoms. The number of rotatable bonds is 1. The monoisotopic (exact) mass is 261 g/mol. The number of fused-ring (bicyclic) bond motifs is 1. The van der Waals surface area contributed by atoms with Crippen molar-refractivity contribution < 1.29 is 9.84 Å².